The number of rotatable bonds is 8. The van der Waals surface area contributed by atoms with Gasteiger partial charge in [0.25, 0.3) is 0 Å². The van der Waals surface area contributed by atoms with Gasteiger partial charge in [-0.05, 0) is 55.4 Å². The standard InChI is InChI=1S/C26H36O10/c1-9-13(5)23(29)33-19-17(27)21(35-25(31)15(7)11-3)22(36-26(32)16(8)12-4)18(28)20(19)34-24(30)14(6)10-2/h9-12,17-22,27-28H,1-8H3. The van der Waals surface area contributed by atoms with Crippen LogP contribution in [0.5, 0.6) is 0 Å². The third-order valence-electron chi connectivity index (χ3n) is 5.99. The molecule has 1 aliphatic rings. The number of esters is 4. The molecule has 0 saturated heterocycles. The topological polar surface area (TPSA) is 146 Å². The number of hydrogen-bond acceptors (Lipinski definition) is 10. The Labute approximate surface area is 211 Å². The van der Waals surface area contributed by atoms with E-state index in [0.29, 0.717) is 0 Å². The third-order valence-corrected chi connectivity index (χ3v) is 5.99. The molecule has 0 aromatic rings. The van der Waals surface area contributed by atoms with E-state index in [1.165, 1.54) is 52.0 Å². The maximum absolute atomic E-state index is 12.5. The zero-order valence-electron chi connectivity index (χ0n) is 21.9. The molecule has 2 N–H and O–H groups in total. The maximum atomic E-state index is 12.5. The van der Waals surface area contributed by atoms with Crippen molar-refractivity contribution in [3.63, 3.8) is 0 Å². The van der Waals surface area contributed by atoms with Crippen molar-refractivity contribution in [3.8, 4) is 0 Å². The Balaban J connectivity index is 3.60. The smallest absolute Gasteiger partial charge is 0.333 e. The summed E-state index contributed by atoms with van der Waals surface area (Å²) in [5.74, 6) is -3.42. The second-order valence-electron chi connectivity index (χ2n) is 8.35. The Morgan fingerprint density at radius 1 is 0.472 bits per heavy atom. The minimum Gasteiger partial charge on any atom is -0.452 e. The van der Waals surface area contributed by atoms with Gasteiger partial charge in [0.15, 0.2) is 24.4 Å². The molecule has 36 heavy (non-hydrogen) atoms. The van der Waals surface area contributed by atoms with Crippen LogP contribution in [0.2, 0.25) is 0 Å². The zero-order chi connectivity index (χ0) is 27.7. The normalized spacial score (nSPS) is 27.7. The summed E-state index contributed by atoms with van der Waals surface area (Å²) in [6.07, 6.45) is -4.41. The Kier molecular flexibility index (Phi) is 11.8. The molecule has 0 aliphatic heterocycles. The molecule has 10 nitrogen and oxygen atoms in total. The summed E-state index contributed by atoms with van der Waals surface area (Å²) in [4.78, 5) is 50.2. The number of aliphatic hydroxyl groups is 2. The fourth-order valence-corrected chi connectivity index (χ4v) is 3.04. The van der Waals surface area contributed by atoms with Crippen LogP contribution < -0.4 is 0 Å². The molecule has 1 saturated carbocycles. The van der Waals surface area contributed by atoms with Crippen LogP contribution in [0.15, 0.2) is 46.6 Å². The van der Waals surface area contributed by atoms with Crippen molar-refractivity contribution in [1.29, 1.82) is 0 Å². The van der Waals surface area contributed by atoms with Gasteiger partial charge < -0.3 is 29.2 Å². The summed E-state index contributed by atoms with van der Waals surface area (Å²) in [6, 6.07) is 0. The highest BCUT2D eigenvalue weighted by Crippen LogP contribution is 2.32. The van der Waals surface area contributed by atoms with Crippen LogP contribution in [0, 0.1) is 0 Å². The lowest BCUT2D eigenvalue weighted by atomic mass is 9.84. The molecule has 10 heteroatoms. The van der Waals surface area contributed by atoms with Crippen molar-refractivity contribution >= 4 is 23.9 Å². The van der Waals surface area contributed by atoms with Gasteiger partial charge in [-0.1, -0.05) is 24.3 Å². The first-order valence-electron chi connectivity index (χ1n) is 11.6. The predicted molar refractivity (Wildman–Crippen MR) is 129 cm³/mol. The highest BCUT2D eigenvalue weighted by molar-refractivity contribution is 5.90. The van der Waals surface area contributed by atoms with Gasteiger partial charge in [-0.3, -0.25) is 0 Å². The summed E-state index contributed by atoms with van der Waals surface area (Å²) in [5.41, 5.74) is 0.730. The lowest BCUT2D eigenvalue weighted by Crippen LogP contribution is -2.67. The molecular weight excluding hydrogens is 472 g/mol. The van der Waals surface area contributed by atoms with Gasteiger partial charge in [0.2, 0.25) is 0 Å². The molecule has 200 valence electrons. The van der Waals surface area contributed by atoms with Gasteiger partial charge >= 0.3 is 23.9 Å². The van der Waals surface area contributed by atoms with E-state index in [0.717, 1.165) is 0 Å². The second kappa shape index (κ2) is 13.7. The molecule has 0 heterocycles. The highest BCUT2D eigenvalue weighted by Gasteiger charge is 2.57. The number of ether oxygens (including phenoxy) is 4. The molecule has 4 atom stereocenters. The van der Waals surface area contributed by atoms with Crippen molar-refractivity contribution in [2.45, 2.75) is 92.0 Å². The molecule has 1 aliphatic carbocycles. The van der Waals surface area contributed by atoms with Gasteiger partial charge in [0.05, 0.1) is 0 Å². The third kappa shape index (κ3) is 7.38. The van der Waals surface area contributed by atoms with Gasteiger partial charge in [-0.25, -0.2) is 19.2 Å². The van der Waals surface area contributed by atoms with E-state index < -0.39 is 60.5 Å². The van der Waals surface area contributed by atoms with Crippen LogP contribution in [0.3, 0.4) is 0 Å². The summed E-state index contributed by atoms with van der Waals surface area (Å²) in [7, 11) is 0. The first kappa shape index (κ1) is 30.8. The Bertz CT molecular complexity index is 817. The van der Waals surface area contributed by atoms with Crippen LogP contribution in [0.1, 0.15) is 55.4 Å². The van der Waals surface area contributed by atoms with E-state index in [2.05, 4.69) is 0 Å². The molecule has 0 spiro atoms. The zero-order valence-corrected chi connectivity index (χ0v) is 21.9. The van der Waals surface area contributed by atoms with E-state index in [1.54, 1.807) is 27.7 Å². The quantitative estimate of drug-likeness (QED) is 0.284. The maximum Gasteiger partial charge on any atom is 0.333 e. The molecule has 1 rings (SSSR count). The van der Waals surface area contributed by atoms with E-state index >= 15 is 0 Å². The van der Waals surface area contributed by atoms with Crippen molar-refractivity contribution < 1.29 is 48.3 Å². The Morgan fingerprint density at radius 2 is 0.639 bits per heavy atom. The van der Waals surface area contributed by atoms with Crippen LogP contribution in [-0.4, -0.2) is 70.7 Å². The fourth-order valence-electron chi connectivity index (χ4n) is 3.04. The van der Waals surface area contributed by atoms with Crippen molar-refractivity contribution in [2.75, 3.05) is 0 Å². The Morgan fingerprint density at radius 3 is 0.778 bits per heavy atom. The van der Waals surface area contributed by atoms with Gasteiger partial charge in [0, 0.05) is 22.3 Å². The minimum absolute atomic E-state index is 0.182. The highest BCUT2D eigenvalue weighted by atomic mass is 16.6. The van der Waals surface area contributed by atoms with Gasteiger partial charge in [0.1, 0.15) is 12.2 Å². The summed E-state index contributed by atoms with van der Waals surface area (Å²) >= 11 is 0. The average Bonchev–Trinajstić information content (AvgIpc) is 2.88. The first-order chi connectivity index (χ1) is 16.8. The number of aliphatic hydroxyl groups excluding tert-OH is 2. The summed E-state index contributed by atoms with van der Waals surface area (Å²) in [6.45, 7) is 12.3. The monoisotopic (exact) mass is 508 g/mol. The van der Waals surface area contributed by atoms with Crippen molar-refractivity contribution in [1.82, 2.24) is 0 Å². The Hall–Kier alpha value is -3.24. The van der Waals surface area contributed by atoms with Crippen molar-refractivity contribution in [2.24, 2.45) is 0 Å². The lowest BCUT2D eigenvalue weighted by Gasteiger charge is -2.45. The van der Waals surface area contributed by atoms with E-state index in [1.807, 2.05) is 0 Å². The molecule has 0 radical (unpaired) electrons. The van der Waals surface area contributed by atoms with E-state index in [4.69, 9.17) is 18.9 Å². The largest absolute Gasteiger partial charge is 0.452 e. The second-order valence-corrected chi connectivity index (χ2v) is 8.35. The number of carbonyl (C=O) groups excluding carboxylic acids is 4. The molecule has 0 bridgehead atoms. The lowest BCUT2D eigenvalue weighted by molar-refractivity contribution is -0.249. The predicted octanol–water partition coefficient (Wildman–Crippen LogP) is 2.23. The summed E-state index contributed by atoms with van der Waals surface area (Å²) in [5, 5.41) is 22.4. The van der Waals surface area contributed by atoms with Gasteiger partial charge in [-0.2, -0.15) is 0 Å². The molecule has 0 aromatic carbocycles. The molecule has 0 aromatic heterocycles. The van der Waals surface area contributed by atoms with Gasteiger partial charge in [-0.15, -0.1) is 0 Å². The summed E-state index contributed by atoms with van der Waals surface area (Å²) < 4.78 is 21.6. The molecule has 1 fully saturated rings. The molecular formula is C26H36O10. The number of allylic oxidation sites excluding steroid dienone is 4. The van der Waals surface area contributed by atoms with Crippen molar-refractivity contribution in [3.05, 3.63) is 46.6 Å². The van der Waals surface area contributed by atoms with Crippen LogP contribution in [0.25, 0.3) is 0 Å². The molecule has 4 unspecified atom stereocenters. The first-order valence-corrected chi connectivity index (χ1v) is 11.6. The fraction of sp³-hybridized carbons (Fsp3) is 0.538. The average molecular weight is 509 g/mol. The van der Waals surface area contributed by atoms with Crippen LogP contribution in [0.4, 0.5) is 0 Å². The SMILES string of the molecule is CC=C(C)C(=O)OC1C(O)C(OC(=O)C(C)=CC)C(OC(=O)C(C)=CC)C(O)C1OC(=O)C(C)=CC. The van der Waals surface area contributed by atoms with Crippen LogP contribution in [-0.2, 0) is 38.1 Å². The van der Waals surface area contributed by atoms with E-state index in [-0.39, 0.29) is 22.3 Å². The molecule has 0 amide bonds. The minimum atomic E-state index is -1.83. The van der Waals surface area contributed by atoms with E-state index in [9.17, 15) is 29.4 Å². The number of hydrogen-bond donors (Lipinski definition) is 2. The number of carbonyl (C=O) groups is 4. The van der Waals surface area contributed by atoms with Crippen LogP contribution >= 0.6 is 0 Å².